The number of hydrogen-bond donors (Lipinski definition) is 3. The summed E-state index contributed by atoms with van der Waals surface area (Å²) in [5, 5.41) is 8.49. The van der Waals surface area contributed by atoms with Gasteiger partial charge in [-0.3, -0.25) is 14.6 Å². The van der Waals surface area contributed by atoms with E-state index in [0.717, 1.165) is 11.8 Å². The summed E-state index contributed by atoms with van der Waals surface area (Å²) in [6.45, 7) is 10.9. The number of amides is 3. The van der Waals surface area contributed by atoms with Gasteiger partial charge in [-0.15, -0.1) is 0 Å². The molecule has 0 unspecified atom stereocenters. The summed E-state index contributed by atoms with van der Waals surface area (Å²) in [6.07, 6.45) is 2.75. The highest BCUT2D eigenvalue weighted by Crippen LogP contribution is 2.31. The van der Waals surface area contributed by atoms with Crippen molar-refractivity contribution < 1.29 is 32.3 Å². The zero-order valence-corrected chi connectivity index (χ0v) is 27.4. The Bertz CT molecular complexity index is 1360. The van der Waals surface area contributed by atoms with E-state index in [-0.39, 0.29) is 36.8 Å². The summed E-state index contributed by atoms with van der Waals surface area (Å²) in [5.74, 6) is -0.320. The second kappa shape index (κ2) is 15.0. The molecule has 12 heteroatoms. The van der Waals surface area contributed by atoms with Gasteiger partial charge in [0, 0.05) is 30.3 Å². The topological polar surface area (TPSA) is 156 Å². The number of hydrogen-bond acceptors (Lipinski definition) is 8. The fourth-order valence-corrected chi connectivity index (χ4v) is 5.74. The number of ether oxygens (including phenoxy) is 2. The number of carbonyl (C=O) groups is 3. The zero-order chi connectivity index (χ0) is 32.7. The monoisotopic (exact) mass is 630 g/mol. The van der Waals surface area contributed by atoms with Crippen molar-refractivity contribution in [2.75, 3.05) is 6.26 Å². The first kappa shape index (κ1) is 35.0. The van der Waals surface area contributed by atoms with Crippen molar-refractivity contribution in [3.05, 3.63) is 66.0 Å². The van der Waals surface area contributed by atoms with E-state index in [1.165, 1.54) is 20.0 Å². The molecule has 0 spiro atoms. The zero-order valence-electron chi connectivity index (χ0n) is 26.6. The van der Waals surface area contributed by atoms with Gasteiger partial charge in [-0.25, -0.2) is 13.2 Å². The molecule has 0 aliphatic carbocycles. The molecule has 1 aliphatic rings. The van der Waals surface area contributed by atoms with E-state index >= 15 is 0 Å². The van der Waals surface area contributed by atoms with E-state index in [1.54, 1.807) is 18.3 Å². The maximum atomic E-state index is 13.8. The quantitative estimate of drug-likeness (QED) is 0.254. The van der Waals surface area contributed by atoms with Gasteiger partial charge < -0.3 is 25.4 Å². The minimum Gasteiger partial charge on any atom is -0.445 e. The summed E-state index contributed by atoms with van der Waals surface area (Å²) < 4.78 is 35.1. The average molecular weight is 631 g/mol. The summed E-state index contributed by atoms with van der Waals surface area (Å²) in [5.41, 5.74) is 1.54. The molecule has 2 aromatic rings. The highest BCUT2D eigenvalue weighted by Gasteiger charge is 2.49. The third-order valence-electron chi connectivity index (χ3n) is 8.06. The van der Waals surface area contributed by atoms with Crippen LogP contribution in [0.3, 0.4) is 0 Å². The van der Waals surface area contributed by atoms with Crippen LogP contribution in [0, 0.1) is 11.8 Å². The number of carbonyl (C=O) groups excluding carboxylic acids is 3. The van der Waals surface area contributed by atoms with Gasteiger partial charge in [-0.2, -0.15) is 0 Å². The SMILES string of the molecule is CC(C)C(NC(=O)C[C@@H]1O[C@@H]1[C@H](Cc1ccccc1)NC(=O)[C@@H](NC(=O)OCc1cccnc1)C(C)(C)S(C)(=O)=O)C(C)C. The van der Waals surface area contributed by atoms with Crippen molar-refractivity contribution in [3.8, 4) is 0 Å². The lowest BCUT2D eigenvalue weighted by Crippen LogP contribution is -2.62. The number of alkyl carbamates (subject to hydrolysis) is 1. The molecule has 1 aromatic heterocycles. The molecule has 242 valence electrons. The van der Waals surface area contributed by atoms with Gasteiger partial charge in [0.25, 0.3) is 0 Å². The van der Waals surface area contributed by atoms with E-state index in [2.05, 4.69) is 48.6 Å². The highest BCUT2D eigenvalue weighted by atomic mass is 32.2. The largest absolute Gasteiger partial charge is 0.445 e. The molecular formula is C32H46N4O7S. The van der Waals surface area contributed by atoms with Crippen molar-refractivity contribution in [1.82, 2.24) is 20.9 Å². The van der Waals surface area contributed by atoms with Crippen LogP contribution in [-0.2, 0) is 41.9 Å². The number of benzene rings is 1. The molecule has 0 saturated carbocycles. The lowest BCUT2D eigenvalue weighted by Gasteiger charge is -2.33. The average Bonchev–Trinajstić information content (AvgIpc) is 3.72. The summed E-state index contributed by atoms with van der Waals surface area (Å²) >= 11 is 0. The summed E-state index contributed by atoms with van der Waals surface area (Å²) in [4.78, 5) is 43.5. The van der Waals surface area contributed by atoms with Gasteiger partial charge in [-0.05, 0) is 43.7 Å². The second-order valence-corrected chi connectivity index (χ2v) is 15.2. The number of sulfone groups is 1. The van der Waals surface area contributed by atoms with Crippen LogP contribution in [0.25, 0.3) is 0 Å². The Morgan fingerprint density at radius 1 is 0.955 bits per heavy atom. The van der Waals surface area contributed by atoms with E-state index in [0.29, 0.717) is 12.0 Å². The number of pyridine rings is 1. The smallest absolute Gasteiger partial charge is 0.408 e. The molecule has 0 bridgehead atoms. The molecule has 1 fully saturated rings. The van der Waals surface area contributed by atoms with Gasteiger partial charge in [-0.1, -0.05) is 64.1 Å². The molecule has 2 heterocycles. The Morgan fingerprint density at radius 2 is 1.59 bits per heavy atom. The highest BCUT2D eigenvalue weighted by molar-refractivity contribution is 7.92. The van der Waals surface area contributed by atoms with Crippen LogP contribution in [0.2, 0.25) is 0 Å². The van der Waals surface area contributed by atoms with Crippen molar-refractivity contribution in [2.45, 2.75) is 96.1 Å². The van der Waals surface area contributed by atoms with Crippen LogP contribution in [0.1, 0.15) is 59.1 Å². The predicted octanol–water partition coefficient (Wildman–Crippen LogP) is 3.18. The van der Waals surface area contributed by atoms with E-state index < -0.39 is 50.9 Å². The first-order valence-corrected chi connectivity index (χ1v) is 16.8. The van der Waals surface area contributed by atoms with Crippen LogP contribution in [0.5, 0.6) is 0 Å². The number of aromatic nitrogens is 1. The summed E-state index contributed by atoms with van der Waals surface area (Å²) in [6, 6.07) is 10.8. The van der Waals surface area contributed by atoms with Crippen molar-refractivity contribution in [2.24, 2.45) is 11.8 Å². The minimum atomic E-state index is -3.84. The first-order valence-electron chi connectivity index (χ1n) is 14.9. The first-order chi connectivity index (χ1) is 20.6. The van der Waals surface area contributed by atoms with E-state index in [9.17, 15) is 22.8 Å². The van der Waals surface area contributed by atoms with Crippen molar-refractivity contribution in [3.63, 3.8) is 0 Å². The van der Waals surface area contributed by atoms with Gasteiger partial charge in [0.1, 0.15) is 18.8 Å². The van der Waals surface area contributed by atoms with Gasteiger partial charge in [0.2, 0.25) is 11.8 Å². The van der Waals surface area contributed by atoms with Gasteiger partial charge in [0.05, 0.1) is 23.3 Å². The number of nitrogens with zero attached hydrogens (tertiary/aromatic N) is 1. The predicted molar refractivity (Wildman–Crippen MR) is 167 cm³/mol. The van der Waals surface area contributed by atoms with Crippen LogP contribution < -0.4 is 16.0 Å². The molecule has 4 atom stereocenters. The van der Waals surface area contributed by atoms with Crippen LogP contribution in [0.15, 0.2) is 54.9 Å². The van der Waals surface area contributed by atoms with Crippen molar-refractivity contribution in [1.29, 1.82) is 0 Å². The molecule has 3 N–H and O–H groups in total. The maximum Gasteiger partial charge on any atom is 0.408 e. The molecular weight excluding hydrogens is 584 g/mol. The molecule has 3 amide bonds. The molecule has 1 aliphatic heterocycles. The van der Waals surface area contributed by atoms with Gasteiger partial charge >= 0.3 is 6.09 Å². The third-order valence-corrected chi connectivity index (χ3v) is 10.2. The third kappa shape index (κ3) is 9.75. The van der Waals surface area contributed by atoms with E-state index in [1.807, 2.05) is 30.3 Å². The second-order valence-electron chi connectivity index (χ2n) is 12.6. The fourth-order valence-electron chi connectivity index (χ4n) is 5.15. The Hall–Kier alpha value is -3.51. The van der Waals surface area contributed by atoms with Crippen LogP contribution >= 0.6 is 0 Å². The molecule has 1 aromatic carbocycles. The fraction of sp³-hybridized carbons (Fsp3) is 0.562. The lowest BCUT2D eigenvalue weighted by molar-refractivity contribution is -0.124. The standard InChI is InChI=1S/C32H46N4O7S/c1-20(2)27(21(3)4)35-26(37)17-25-28(43-25)24(16-22-12-9-8-10-13-22)34-30(38)29(32(5,6)44(7,40)41)36-31(39)42-19-23-14-11-15-33-18-23/h8-15,18,20-21,24-25,27-29H,16-17,19H2,1-7H3,(H,34,38)(H,35,37)(H,36,39)/t24-,25-,28+,29+/m0/s1. The van der Waals surface area contributed by atoms with Crippen LogP contribution in [0.4, 0.5) is 4.79 Å². The van der Waals surface area contributed by atoms with E-state index in [4.69, 9.17) is 9.47 Å². The molecule has 0 radical (unpaired) electrons. The number of nitrogens with one attached hydrogen (secondary N) is 3. The van der Waals surface area contributed by atoms with Crippen LogP contribution in [-0.4, -0.2) is 72.6 Å². The Labute approximate surface area is 260 Å². The molecule has 44 heavy (non-hydrogen) atoms. The number of rotatable bonds is 15. The Morgan fingerprint density at radius 3 is 2.16 bits per heavy atom. The Kier molecular flexibility index (Phi) is 11.9. The molecule has 3 rings (SSSR count). The molecule has 11 nitrogen and oxygen atoms in total. The van der Waals surface area contributed by atoms with Gasteiger partial charge in [0.15, 0.2) is 9.84 Å². The van der Waals surface area contributed by atoms with Crippen molar-refractivity contribution >= 4 is 27.7 Å². The normalized spacial score (nSPS) is 18.0. The minimum absolute atomic E-state index is 0.0162. The molecule has 1 saturated heterocycles. The Balaban J connectivity index is 1.77. The maximum absolute atomic E-state index is 13.8. The summed E-state index contributed by atoms with van der Waals surface area (Å²) in [7, 11) is -3.84. The lowest BCUT2D eigenvalue weighted by atomic mass is 9.93. The number of epoxide rings is 1.